The van der Waals surface area contributed by atoms with Crippen LogP contribution in [0.15, 0.2) is 28.7 Å². The van der Waals surface area contributed by atoms with Crippen LogP contribution in [0.3, 0.4) is 0 Å². The van der Waals surface area contributed by atoms with Crippen LogP contribution in [0, 0.1) is 0 Å². The predicted octanol–water partition coefficient (Wildman–Crippen LogP) is 2.75. The summed E-state index contributed by atoms with van der Waals surface area (Å²) in [5, 5.41) is 0. The summed E-state index contributed by atoms with van der Waals surface area (Å²) in [6.45, 7) is 7.84. The Morgan fingerprint density at radius 1 is 1.15 bits per heavy atom. The Labute approximate surface area is 130 Å². The van der Waals surface area contributed by atoms with Gasteiger partial charge in [-0.25, -0.2) is 0 Å². The number of nitrogens with zero attached hydrogens (tertiary/aromatic N) is 2. The molecule has 0 radical (unpaired) electrons. The number of hydrogen-bond donors (Lipinski definition) is 0. The molecule has 0 N–H and O–H groups in total. The highest BCUT2D eigenvalue weighted by molar-refractivity contribution is 9.10. The number of ether oxygens (including phenoxy) is 1. The largest absolute Gasteiger partial charge is 0.377 e. The van der Waals surface area contributed by atoms with Gasteiger partial charge in [0.25, 0.3) is 0 Å². The normalized spacial score (nSPS) is 25.1. The minimum atomic E-state index is 0.492. The average Bonchev–Trinajstić information content (AvgIpc) is 2.94. The van der Waals surface area contributed by atoms with Crippen LogP contribution in [-0.4, -0.2) is 55.2 Å². The highest BCUT2D eigenvalue weighted by Crippen LogP contribution is 2.16. The van der Waals surface area contributed by atoms with Gasteiger partial charge in [0.05, 0.1) is 6.10 Å². The summed E-state index contributed by atoms with van der Waals surface area (Å²) in [5.41, 5.74) is 1.40. The zero-order valence-corrected chi connectivity index (χ0v) is 13.5. The molecule has 2 saturated heterocycles. The van der Waals surface area contributed by atoms with Gasteiger partial charge in [0.1, 0.15) is 0 Å². The van der Waals surface area contributed by atoms with Crippen molar-refractivity contribution in [2.45, 2.75) is 25.5 Å². The maximum Gasteiger partial charge on any atom is 0.0702 e. The number of hydrogen-bond acceptors (Lipinski definition) is 3. The van der Waals surface area contributed by atoms with Gasteiger partial charge in [-0.1, -0.05) is 28.1 Å². The molecule has 0 aliphatic carbocycles. The summed E-state index contributed by atoms with van der Waals surface area (Å²) < 4.78 is 6.90. The molecular weight excluding hydrogens is 316 g/mol. The van der Waals surface area contributed by atoms with E-state index >= 15 is 0 Å². The molecule has 0 bridgehead atoms. The minimum Gasteiger partial charge on any atom is -0.377 e. The summed E-state index contributed by atoms with van der Waals surface area (Å²) in [7, 11) is 0. The van der Waals surface area contributed by atoms with E-state index in [1.165, 1.54) is 49.1 Å². The highest BCUT2D eigenvalue weighted by Gasteiger charge is 2.22. The zero-order valence-electron chi connectivity index (χ0n) is 11.9. The van der Waals surface area contributed by atoms with Crippen molar-refractivity contribution < 1.29 is 4.74 Å². The Morgan fingerprint density at radius 3 is 2.65 bits per heavy atom. The van der Waals surface area contributed by atoms with Crippen LogP contribution in [-0.2, 0) is 11.3 Å². The van der Waals surface area contributed by atoms with Gasteiger partial charge in [-0.3, -0.25) is 9.80 Å². The summed E-state index contributed by atoms with van der Waals surface area (Å²) in [6.07, 6.45) is 2.98. The molecule has 0 amide bonds. The molecule has 2 heterocycles. The van der Waals surface area contributed by atoms with Gasteiger partial charge < -0.3 is 4.74 Å². The molecule has 1 aromatic carbocycles. The molecule has 0 saturated carbocycles. The second-order valence-electron chi connectivity index (χ2n) is 5.84. The van der Waals surface area contributed by atoms with Gasteiger partial charge in [0.2, 0.25) is 0 Å². The summed E-state index contributed by atoms with van der Waals surface area (Å²) in [5.74, 6) is 0. The molecule has 2 aliphatic rings. The van der Waals surface area contributed by atoms with E-state index < -0.39 is 0 Å². The van der Waals surface area contributed by atoms with Crippen molar-refractivity contribution in [1.82, 2.24) is 9.80 Å². The van der Waals surface area contributed by atoms with Gasteiger partial charge in [-0.05, 0) is 30.5 Å². The zero-order chi connectivity index (χ0) is 13.8. The van der Waals surface area contributed by atoms with Crippen molar-refractivity contribution in [3.63, 3.8) is 0 Å². The van der Waals surface area contributed by atoms with E-state index in [4.69, 9.17) is 4.74 Å². The first kappa shape index (κ1) is 14.5. The van der Waals surface area contributed by atoms with Crippen LogP contribution in [0.25, 0.3) is 0 Å². The molecule has 2 fully saturated rings. The van der Waals surface area contributed by atoms with E-state index in [0.717, 1.165) is 19.7 Å². The van der Waals surface area contributed by atoms with Crippen molar-refractivity contribution >= 4 is 15.9 Å². The van der Waals surface area contributed by atoms with Crippen molar-refractivity contribution in [2.24, 2.45) is 0 Å². The lowest BCUT2D eigenvalue weighted by Gasteiger charge is -2.35. The number of halogens is 1. The van der Waals surface area contributed by atoms with Crippen LogP contribution in [0.4, 0.5) is 0 Å². The molecule has 4 heteroatoms. The summed E-state index contributed by atoms with van der Waals surface area (Å²) >= 11 is 3.54. The highest BCUT2D eigenvalue weighted by atomic mass is 79.9. The van der Waals surface area contributed by atoms with Crippen LogP contribution < -0.4 is 0 Å². The summed E-state index contributed by atoms with van der Waals surface area (Å²) in [4.78, 5) is 5.11. The second-order valence-corrected chi connectivity index (χ2v) is 6.76. The Hall–Kier alpha value is -0.420. The van der Waals surface area contributed by atoms with Crippen molar-refractivity contribution in [3.8, 4) is 0 Å². The van der Waals surface area contributed by atoms with E-state index in [9.17, 15) is 0 Å². The number of piperazine rings is 1. The van der Waals surface area contributed by atoms with Gasteiger partial charge in [0.15, 0.2) is 0 Å². The first-order chi connectivity index (χ1) is 9.79. The lowest BCUT2D eigenvalue weighted by Crippen LogP contribution is -2.48. The molecule has 110 valence electrons. The van der Waals surface area contributed by atoms with Crippen molar-refractivity contribution in [3.05, 3.63) is 34.3 Å². The Bertz CT molecular complexity index is 426. The Balaban J connectivity index is 1.43. The van der Waals surface area contributed by atoms with E-state index in [-0.39, 0.29) is 0 Å². The van der Waals surface area contributed by atoms with E-state index in [1.807, 2.05) is 0 Å². The minimum absolute atomic E-state index is 0.492. The molecular formula is C16H23BrN2O. The molecule has 1 aromatic rings. The molecule has 2 aliphatic heterocycles. The molecule has 0 spiro atoms. The molecule has 3 rings (SSSR count). The topological polar surface area (TPSA) is 15.7 Å². The number of rotatable bonds is 4. The van der Waals surface area contributed by atoms with Gasteiger partial charge in [-0.15, -0.1) is 0 Å². The maximum atomic E-state index is 5.73. The van der Waals surface area contributed by atoms with Gasteiger partial charge in [-0.2, -0.15) is 0 Å². The predicted molar refractivity (Wildman–Crippen MR) is 84.8 cm³/mol. The van der Waals surface area contributed by atoms with Gasteiger partial charge in [0, 0.05) is 50.3 Å². The van der Waals surface area contributed by atoms with Gasteiger partial charge >= 0.3 is 0 Å². The summed E-state index contributed by atoms with van der Waals surface area (Å²) in [6, 6.07) is 8.64. The maximum absolute atomic E-state index is 5.73. The lowest BCUT2D eigenvalue weighted by molar-refractivity contribution is 0.0489. The Kier molecular flexibility index (Phi) is 5.10. The van der Waals surface area contributed by atoms with E-state index in [1.54, 1.807) is 0 Å². The second kappa shape index (κ2) is 7.03. The first-order valence-corrected chi connectivity index (χ1v) is 8.40. The fourth-order valence-corrected chi connectivity index (χ4v) is 3.55. The SMILES string of the molecule is Brc1cccc(CN2CCN(CC3CCCO3)CC2)c1. The number of benzene rings is 1. The fourth-order valence-electron chi connectivity index (χ4n) is 3.10. The smallest absolute Gasteiger partial charge is 0.0702 e. The molecule has 1 unspecified atom stereocenters. The van der Waals surface area contributed by atoms with Crippen LogP contribution >= 0.6 is 15.9 Å². The first-order valence-electron chi connectivity index (χ1n) is 7.60. The molecule has 0 aromatic heterocycles. The Morgan fingerprint density at radius 2 is 1.95 bits per heavy atom. The monoisotopic (exact) mass is 338 g/mol. The molecule has 1 atom stereocenters. The van der Waals surface area contributed by atoms with Crippen molar-refractivity contribution in [2.75, 3.05) is 39.3 Å². The quantitative estimate of drug-likeness (QED) is 0.839. The van der Waals surface area contributed by atoms with E-state index in [2.05, 4.69) is 50.0 Å². The fraction of sp³-hybridized carbons (Fsp3) is 0.625. The van der Waals surface area contributed by atoms with Crippen LogP contribution in [0.1, 0.15) is 18.4 Å². The van der Waals surface area contributed by atoms with Crippen LogP contribution in [0.5, 0.6) is 0 Å². The van der Waals surface area contributed by atoms with Crippen LogP contribution in [0.2, 0.25) is 0 Å². The third-order valence-corrected chi connectivity index (χ3v) is 4.74. The molecule has 20 heavy (non-hydrogen) atoms. The third kappa shape index (κ3) is 4.04. The third-order valence-electron chi connectivity index (χ3n) is 4.25. The average molecular weight is 339 g/mol. The molecule has 3 nitrogen and oxygen atoms in total. The van der Waals surface area contributed by atoms with Crippen molar-refractivity contribution in [1.29, 1.82) is 0 Å². The van der Waals surface area contributed by atoms with E-state index in [0.29, 0.717) is 6.10 Å². The standard InChI is InChI=1S/C16H23BrN2O/c17-15-4-1-3-14(11-15)12-18-6-8-19(9-7-18)13-16-5-2-10-20-16/h1,3-4,11,16H,2,5-10,12-13H2. The lowest BCUT2D eigenvalue weighted by atomic mass is 10.2.